The maximum Gasteiger partial charge on any atom is -0.0259 e. The molecular formula is C16H22. The Morgan fingerprint density at radius 3 is 1.88 bits per heavy atom. The van der Waals surface area contributed by atoms with Crippen LogP contribution in [0.25, 0.3) is 0 Å². The van der Waals surface area contributed by atoms with Crippen LogP contribution in [0.15, 0.2) is 71.9 Å². The molecule has 0 aromatic carbocycles. The molecule has 0 spiro atoms. The number of hydrogen-bond donors (Lipinski definition) is 0. The lowest BCUT2D eigenvalue weighted by Crippen LogP contribution is -1.83. The van der Waals surface area contributed by atoms with Gasteiger partial charge < -0.3 is 0 Å². The molecule has 16 heavy (non-hydrogen) atoms. The summed E-state index contributed by atoms with van der Waals surface area (Å²) in [7, 11) is 0. The predicted octanol–water partition coefficient (Wildman–Crippen LogP) is 5.14. The van der Waals surface area contributed by atoms with Crippen molar-refractivity contribution in [1.29, 1.82) is 0 Å². The summed E-state index contributed by atoms with van der Waals surface area (Å²) in [5.74, 6) is 0. The zero-order chi connectivity index (χ0) is 12.7. The Balaban J connectivity index is 4.66. The SMILES string of the molecule is C=C(/C=C\C(C)=C\C)C(=C)/C=C(/C)C(=C)C. The molecule has 0 N–H and O–H groups in total. The van der Waals surface area contributed by atoms with Crippen LogP contribution in [0.3, 0.4) is 0 Å². The first-order valence-corrected chi connectivity index (χ1v) is 5.41. The standard InChI is InChI=1S/C16H22/c1-8-13(4)9-10-14(5)16(7)11-15(6)12(2)3/h8-11H,2,5,7H2,1,3-4,6H3/b10-9-,13-8+,15-11-. The fourth-order valence-corrected chi connectivity index (χ4v) is 0.913. The zero-order valence-electron chi connectivity index (χ0n) is 10.9. The highest BCUT2D eigenvalue weighted by atomic mass is 14.0. The van der Waals surface area contributed by atoms with E-state index in [1.165, 1.54) is 5.57 Å². The maximum absolute atomic E-state index is 3.99. The van der Waals surface area contributed by atoms with E-state index in [0.717, 1.165) is 22.3 Å². The van der Waals surface area contributed by atoms with E-state index in [1.807, 2.05) is 39.0 Å². The van der Waals surface area contributed by atoms with Crippen LogP contribution in [0.5, 0.6) is 0 Å². The maximum atomic E-state index is 3.99. The van der Waals surface area contributed by atoms with Crippen molar-refractivity contribution >= 4 is 0 Å². The molecule has 0 aromatic rings. The van der Waals surface area contributed by atoms with Gasteiger partial charge in [-0.05, 0) is 44.4 Å². The van der Waals surface area contributed by atoms with Crippen LogP contribution in [0, 0.1) is 0 Å². The van der Waals surface area contributed by atoms with Crippen LogP contribution in [0.2, 0.25) is 0 Å². The highest BCUT2D eigenvalue weighted by Crippen LogP contribution is 2.15. The molecule has 0 radical (unpaired) electrons. The average molecular weight is 214 g/mol. The topological polar surface area (TPSA) is 0 Å². The van der Waals surface area contributed by atoms with Gasteiger partial charge in [-0.2, -0.15) is 0 Å². The second-order valence-corrected chi connectivity index (χ2v) is 4.02. The molecule has 0 saturated carbocycles. The van der Waals surface area contributed by atoms with E-state index in [9.17, 15) is 0 Å². The highest BCUT2D eigenvalue weighted by Gasteiger charge is 1.95. The molecule has 0 amide bonds. The van der Waals surface area contributed by atoms with Gasteiger partial charge in [-0.15, -0.1) is 0 Å². The second kappa shape index (κ2) is 6.84. The first-order chi connectivity index (χ1) is 7.38. The molecular weight excluding hydrogens is 192 g/mol. The first kappa shape index (κ1) is 14.4. The number of allylic oxidation sites excluding steroid dienone is 9. The van der Waals surface area contributed by atoms with Crippen molar-refractivity contribution in [3.05, 3.63) is 71.9 Å². The summed E-state index contributed by atoms with van der Waals surface area (Å²) >= 11 is 0. The Hall–Kier alpha value is -1.56. The fraction of sp³-hybridized carbons (Fsp3) is 0.250. The molecule has 0 heteroatoms. The van der Waals surface area contributed by atoms with E-state index >= 15 is 0 Å². The van der Waals surface area contributed by atoms with Crippen molar-refractivity contribution < 1.29 is 0 Å². The zero-order valence-corrected chi connectivity index (χ0v) is 10.9. The lowest BCUT2D eigenvalue weighted by molar-refractivity contribution is 1.35. The minimum Gasteiger partial charge on any atom is -0.0958 e. The van der Waals surface area contributed by atoms with Crippen molar-refractivity contribution in [2.24, 2.45) is 0 Å². The number of rotatable bonds is 5. The average Bonchev–Trinajstić information content (AvgIpc) is 2.24. The smallest absolute Gasteiger partial charge is 0.0259 e. The van der Waals surface area contributed by atoms with Gasteiger partial charge >= 0.3 is 0 Å². The lowest BCUT2D eigenvalue weighted by Gasteiger charge is -2.03. The molecule has 0 fully saturated rings. The highest BCUT2D eigenvalue weighted by molar-refractivity contribution is 5.47. The summed E-state index contributed by atoms with van der Waals surface area (Å²) in [5.41, 5.74) is 5.28. The summed E-state index contributed by atoms with van der Waals surface area (Å²) in [4.78, 5) is 0. The Kier molecular flexibility index (Phi) is 6.17. The Labute approximate surface area is 100 Å². The van der Waals surface area contributed by atoms with Crippen molar-refractivity contribution in [3.8, 4) is 0 Å². The van der Waals surface area contributed by atoms with Gasteiger partial charge in [0.05, 0.1) is 0 Å². The Bertz CT molecular complexity index is 384. The Morgan fingerprint density at radius 2 is 1.44 bits per heavy atom. The van der Waals surface area contributed by atoms with Crippen LogP contribution in [0.1, 0.15) is 27.7 Å². The van der Waals surface area contributed by atoms with Gasteiger partial charge in [0.1, 0.15) is 0 Å². The van der Waals surface area contributed by atoms with E-state index < -0.39 is 0 Å². The number of hydrogen-bond acceptors (Lipinski definition) is 0. The van der Waals surface area contributed by atoms with Gasteiger partial charge in [0.15, 0.2) is 0 Å². The summed E-state index contributed by atoms with van der Waals surface area (Å²) < 4.78 is 0. The molecule has 0 saturated heterocycles. The van der Waals surface area contributed by atoms with Crippen LogP contribution >= 0.6 is 0 Å². The Morgan fingerprint density at radius 1 is 0.875 bits per heavy atom. The van der Waals surface area contributed by atoms with Crippen LogP contribution < -0.4 is 0 Å². The molecule has 0 bridgehead atoms. The molecule has 0 rings (SSSR count). The molecule has 0 nitrogen and oxygen atoms in total. The molecule has 86 valence electrons. The molecule has 0 aliphatic rings. The molecule has 0 unspecified atom stereocenters. The van der Waals surface area contributed by atoms with E-state index in [-0.39, 0.29) is 0 Å². The van der Waals surface area contributed by atoms with Gasteiger partial charge in [-0.25, -0.2) is 0 Å². The summed E-state index contributed by atoms with van der Waals surface area (Å²) in [5, 5.41) is 0. The molecule has 0 aromatic heterocycles. The third kappa shape index (κ3) is 5.35. The monoisotopic (exact) mass is 214 g/mol. The normalized spacial score (nSPS) is 13.0. The van der Waals surface area contributed by atoms with Gasteiger partial charge in [0.2, 0.25) is 0 Å². The molecule has 0 atom stereocenters. The minimum absolute atomic E-state index is 0.931. The quantitative estimate of drug-likeness (QED) is 0.556. The molecule has 0 aliphatic carbocycles. The van der Waals surface area contributed by atoms with Crippen molar-refractivity contribution in [2.75, 3.05) is 0 Å². The van der Waals surface area contributed by atoms with Crippen molar-refractivity contribution in [3.63, 3.8) is 0 Å². The third-order valence-electron chi connectivity index (χ3n) is 2.48. The van der Waals surface area contributed by atoms with Crippen molar-refractivity contribution in [2.45, 2.75) is 27.7 Å². The van der Waals surface area contributed by atoms with Gasteiger partial charge in [0, 0.05) is 0 Å². The van der Waals surface area contributed by atoms with E-state index in [2.05, 4.69) is 32.7 Å². The first-order valence-electron chi connectivity index (χ1n) is 5.41. The summed E-state index contributed by atoms with van der Waals surface area (Å²) in [6, 6.07) is 0. The van der Waals surface area contributed by atoms with Crippen LogP contribution in [-0.2, 0) is 0 Å². The summed E-state index contributed by atoms with van der Waals surface area (Å²) in [6.45, 7) is 20.0. The third-order valence-corrected chi connectivity index (χ3v) is 2.48. The van der Waals surface area contributed by atoms with E-state index in [1.54, 1.807) is 0 Å². The van der Waals surface area contributed by atoms with Crippen molar-refractivity contribution in [1.82, 2.24) is 0 Å². The van der Waals surface area contributed by atoms with Gasteiger partial charge in [0.25, 0.3) is 0 Å². The fourth-order valence-electron chi connectivity index (χ4n) is 0.913. The van der Waals surface area contributed by atoms with E-state index in [4.69, 9.17) is 0 Å². The molecule has 0 heterocycles. The van der Waals surface area contributed by atoms with Gasteiger partial charge in [-0.1, -0.05) is 55.2 Å². The minimum atomic E-state index is 0.931. The lowest BCUT2D eigenvalue weighted by atomic mass is 10.0. The van der Waals surface area contributed by atoms with Gasteiger partial charge in [-0.3, -0.25) is 0 Å². The largest absolute Gasteiger partial charge is 0.0958 e. The summed E-state index contributed by atoms with van der Waals surface area (Å²) in [6.07, 6.45) is 8.10. The van der Waals surface area contributed by atoms with E-state index in [0.29, 0.717) is 0 Å². The molecule has 0 aliphatic heterocycles. The predicted molar refractivity (Wildman–Crippen MR) is 75.4 cm³/mol. The van der Waals surface area contributed by atoms with Crippen LogP contribution in [-0.4, -0.2) is 0 Å². The van der Waals surface area contributed by atoms with Crippen LogP contribution in [0.4, 0.5) is 0 Å². The second-order valence-electron chi connectivity index (χ2n) is 4.02.